The van der Waals surface area contributed by atoms with Crippen molar-refractivity contribution in [1.29, 1.82) is 0 Å². The van der Waals surface area contributed by atoms with Gasteiger partial charge in [0.05, 0.1) is 0 Å². The number of rotatable bonds is 6. The van der Waals surface area contributed by atoms with Crippen molar-refractivity contribution in [2.24, 2.45) is 0 Å². The van der Waals surface area contributed by atoms with E-state index in [1.807, 2.05) is 0 Å². The van der Waals surface area contributed by atoms with E-state index in [0.29, 0.717) is 12.6 Å². The number of nitrogens with one attached hydrogen (secondary N) is 1. The zero-order valence-corrected chi connectivity index (χ0v) is 12.9. The zero-order valence-electron chi connectivity index (χ0n) is 12.9. The van der Waals surface area contributed by atoms with Crippen LogP contribution in [0.3, 0.4) is 0 Å². The Bertz CT molecular complexity index is 375. The van der Waals surface area contributed by atoms with Crippen molar-refractivity contribution in [3.63, 3.8) is 0 Å². The van der Waals surface area contributed by atoms with Crippen LogP contribution in [-0.2, 0) is 4.79 Å². The highest BCUT2D eigenvalue weighted by atomic mass is 16.2. The molecule has 0 spiro atoms. The van der Waals surface area contributed by atoms with Crippen LogP contribution in [0.1, 0.15) is 52.9 Å². The first-order valence-corrected chi connectivity index (χ1v) is 7.84. The number of carbonyl (C=O) groups excluding carboxylic acids is 2. The first-order chi connectivity index (χ1) is 9.45. The summed E-state index contributed by atoms with van der Waals surface area (Å²) >= 11 is 0. The van der Waals surface area contributed by atoms with Gasteiger partial charge in [0.2, 0.25) is 0 Å². The van der Waals surface area contributed by atoms with E-state index in [-0.39, 0.29) is 11.9 Å². The van der Waals surface area contributed by atoms with E-state index in [0.717, 1.165) is 19.5 Å². The normalized spacial score (nSPS) is 22.9. The summed E-state index contributed by atoms with van der Waals surface area (Å²) in [5.41, 5.74) is -0.743. The molecule has 114 valence electrons. The summed E-state index contributed by atoms with van der Waals surface area (Å²) in [5, 5.41) is 2.72. The molecule has 1 saturated carbocycles. The highest BCUT2D eigenvalue weighted by molar-refractivity contribution is 6.06. The first-order valence-electron chi connectivity index (χ1n) is 7.84. The predicted octanol–water partition coefficient (Wildman–Crippen LogP) is 1.97. The monoisotopic (exact) mass is 281 g/mol. The lowest BCUT2D eigenvalue weighted by Crippen LogP contribution is -2.41. The van der Waals surface area contributed by atoms with Crippen molar-refractivity contribution < 1.29 is 9.59 Å². The van der Waals surface area contributed by atoms with E-state index in [2.05, 4.69) is 17.1 Å². The van der Waals surface area contributed by atoms with Crippen LogP contribution in [0.15, 0.2) is 0 Å². The molecular weight excluding hydrogens is 254 g/mol. The lowest BCUT2D eigenvalue weighted by molar-refractivity contribution is -0.130. The van der Waals surface area contributed by atoms with Crippen LogP contribution in [0.2, 0.25) is 0 Å². The van der Waals surface area contributed by atoms with Crippen molar-refractivity contribution in [3.05, 3.63) is 0 Å². The maximum Gasteiger partial charge on any atom is 0.325 e. The van der Waals surface area contributed by atoms with Crippen LogP contribution < -0.4 is 5.32 Å². The molecule has 2 fully saturated rings. The van der Waals surface area contributed by atoms with Crippen LogP contribution in [0.5, 0.6) is 0 Å². The van der Waals surface area contributed by atoms with Gasteiger partial charge in [-0.1, -0.05) is 19.8 Å². The minimum Gasteiger partial charge on any atom is -0.324 e. The number of hydrogen-bond donors (Lipinski definition) is 1. The summed E-state index contributed by atoms with van der Waals surface area (Å²) in [6.07, 6.45) is 6.12. The van der Waals surface area contributed by atoms with Crippen LogP contribution in [0.4, 0.5) is 4.79 Å². The van der Waals surface area contributed by atoms with Crippen molar-refractivity contribution in [3.8, 4) is 0 Å². The van der Waals surface area contributed by atoms with Crippen LogP contribution in [-0.4, -0.2) is 53.0 Å². The molecule has 5 nitrogen and oxygen atoms in total. The Balaban J connectivity index is 1.80. The van der Waals surface area contributed by atoms with Gasteiger partial charge >= 0.3 is 6.03 Å². The molecule has 2 rings (SSSR count). The van der Waals surface area contributed by atoms with E-state index >= 15 is 0 Å². The largest absolute Gasteiger partial charge is 0.325 e. The lowest BCUT2D eigenvalue weighted by Gasteiger charge is -2.28. The topological polar surface area (TPSA) is 52.6 Å². The molecule has 0 unspecified atom stereocenters. The van der Waals surface area contributed by atoms with Gasteiger partial charge in [0.25, 0.3) is 5.91 Å². The van der Waals surface area contributed by atoms with E-state index in [9.17, 15) is 9.59 Å². The van der Waals surface area contributed by atoms with Crippen LogP contribution in [0, 0.1) is 0 Å². The van der Waals surface area contributed by atoms with E-state index in [1.165, 1.54) is 30.6 Å². The fourth-order valence-corrected chi connectivity index (χ4v) is 3.32. The lowest BCUT2D eigenvalue weighted by atomic mass is 10.1. The van der Waals surface area contributed by atoms with Gasteiger partial charge in [0.1, 0.15) is 5.54 Å². The fourth-order valence-electron chi connectivity index (χ4n) is 3.32. The molecule has 0 aromatic heterocycles. The summed E-state index contributed by atoms with van der Waals surface area (Å²) in [6.45, 7) is 8.25. The third-order valence-electron chi connectivity index (χ3n) is 4.52. The highest BCUT2D eigenvalue weighted by Crippen LogP contribution is 2.23. The van der Waals surface area contributed by atoms with Gasteiger partial charge in [-0.3, -0.25) is 9.69 Å². The molecule has 1 heterocycles. The summed E-state index contributed by atoms with van der Waals surface area (Å²) in [4.78, 5) is 27.7. The number of nitrogens with zero attached hydrogens (tertiary/aromatic N) is 2. The molecule has 1 saturated heterocycles. The Kier molecular flexibility index (Phi) is 4.68. The number of carbonyl (C=O) groups is 2. The summed E-state index contributed by atoms with van der Waals surface area (Å²) in [7, 11) is 0. The summed E-state index contributed by atoms with van der Waals surface area (Å²) in [6, 6.07) is 0.462. The molecule has 1 N–H and O–H groups in total. The summed E-state index contributed by atoms with van der Waals surface area (Å²) in [5.74, 6) is -0.105. The van der Waals surface area contributed by atoms with Crippen LogP contribution in [0.25, 0.3) is 0 Å². The number of hydrogen-bond acceptors (Lipinski definition) is 3. The first kappa shape index (κ1) is 15.3. The third kappa shape index (κ3) is 3.14. The minimum atomic E-state index is -0.743. The third-order valence-corrected chi connectivity index (χ3v) is 4.52. The Labute approximate surface area is 121 Å². The van der Waals surface area contributed by atoms with Crippen molar-refractivity contribution in [2.45, 2.75) is 64.5 Å². The average molecular weight is 281 g/mol. The van der Waals surface area contributed by atoms with Crippen molar-refractivity contribution in [1.82, 2.24) is 15.1 Å². The molecule has 0 atom stereocenters. The van der Waals surface area contributed by atoms with Gasteiger partial charge in [-0.25, -0.2) is 4.79 Å². The molecule has 20 heavy (non-hydrogen) atoms. The molecule has 1 aliphatic carbocycles. The SMILES string of the molecule is CCN(CCCN1C(=O)NC(C)(C)C1=O)C1CCCC1. The van der Waals surface area contributed by atoms with Gasteiger partial charge < -0.3 is 10.2 Å². The van der Waals surface area contributed by atoms with Gasteiger partial charge in [-0.05, 0) is 39.7 Å². The Morgan fingerprint density at radius 2 is 1.95 bits per heavy atom. The van der Waals surface area contributed by atoms with E-state index < -0.39 is 5.54 Å². The molecule has 0 bridgehead atoms. The van der Waals surface area contributed by atoms with E-state index in [1.54, 1.807) is 13.8 Å². The number of urea groups is 1. The Morgan fingerprint density at radius 1 is 1.30 bits per heavy atom. The van der Waals surface area contributed by atoms with Crippen molar-refractivity contribution in [2.75, 3.05) is 19.6 Å². The van der Waals surface area contributed by atoms with Crippen LogP contribution >= 0.6 is 0 Å². The van der Waals surface area contributed by atoms with Gasteiger partial charge in [-0.15, -0.1) is 0 Å². The molecule has 0 aromatic rings. The number of amides is 3. The maximum atomic E-state index is 12.1. The second-order valence-electron chi connectivity index (χ2n) is 6.43. The molecule has 0 radical (unpaired) electrons. The zero-order chi connectivity index (χ0) is 14.8. The molecule has 0 aromatic carbocycles. The molecular formula is C15H27N3O2. The van der Waals surface area contributed by atoms with E-state index in [4.69, 9.17) is 0 Å². The average Bonchev–Trinajstić information content (AvgIpc) is 2.96. The minimum absolute atomic E-state index is 0.105. The molecule has 3 amide bonds. The Morgan fingerprint density at radius 3 is 2.45 bits per heavy atom. The predicted molar refractivity (Wildman–Crippen MR) is 78.4 cm³/mol. The number of imide groups is 1. The van der Waals surface area contributed by atoms with Gasteiger partial charge in [0.15, 0.2) is 0 Å². The molecule has 5 heteroatoms. The van der Waals surface area contributed by atoms with Gasteiger partial charge in [-0.2, -0.15) is 0 Å². The highest BCUT2D eigenvalue weighted by Gasteiger charge is 2.43. The summed E-state index contributed by atoms with van der Waals surface area (Å²) < 4.78 is 0. The standard InChI is InChI=1S/C15H27N3O2/c1-4-17(12-8-5-6-9-12)10-7-11-18-13(19)15(2,3)16-14(18)20/h12H,4-11H2,1-3H3,(H,16,20). The molecule has 2 aliphatic rings. The molecule has 1 aliphatic heterocycles. The maximum absolute atomic E-state index is 12.1. The second kappa shape index (κ2) is 6.12. The quantitative estimate of drug-likeness (QED) is 0.757. The van der Waals surface area contributed by atoms with Gasteiger partial charge in [0, 0.05) is 19.1 Å². The fraction of sp³-hybridized carbons (Fsp3) is 0.867. The van der Waals surface area contributed by atoms with Crippen molar-refractivity contribution >= 4 is 11.9 Å². The smallest absolute Gasteiger partial charge is 0.324 e. The second-order valence-corrected chi connectivity index (χ2v) is 6.43. The Hall–Kier alpha value is -1.10.